The minimum absolute atomic E-state index is 0.204. The minimum atomic E-state index is -0.204. The first-order valence-corrected chi connectivity index (χ1v) is 7.73. The topological polar surface area (TPSA) is 71.8 Å². The van der Waals surface area contributed by atoms with Crippen molar-refractivity contribution in [3.8, 4) is 5.69 Å². The molecule has 3 rings (SSSR count). The van der Waals surface area contributed by atoms with Gasteiger partial charge in [0.2, 0.25) is 0 Å². The van der Waals surface area contributed by atoms with Gasteiger partial charge in [0.25, 0.3) is 0 Å². The molecule has 0 aliphatic carbocycles. The number of anilines is 1. The number of thiophene rings is 1. The Hall–Kier alpha value is -2.67. The maximum absolute atomic E-state index is 11.8. The van der Waals surface area contributed by atoms with Crippen molar-refractivity contribution in [3.05, 3.63) is 59.0 Å². The molecule has 2 aromatic heterocycles. The van der Waals surface area contributed by atoms with Crippen molar-refractivity contribution in [1.82, 2.24) is 20.3 Å². The average Bonchev–Trinajstić information content (AvgIpc) is 3.21. The predicted molar refractivity (Wildman–Crippen MR) is 86.4 cm³/mol. The van der Waals surface area contributed by atoms with E-state index in [1.807, 2.05) is 35.7 Å². The highest BCUT2D eigenvalue weighted by atomic mass is 32.1. The van der Waals surface area contributed by atoms with Crippen LogP contribution in [0.2, 0.25) is 0 Å². The van der Waals surface area contributed by atoms with Crippen molar-refractivity contribution >= 4 is 23.1 Å². The average molecular weight is 313 g/mol. The number of rotatable bonds is 5. The molecule has 6 nitrogen and oxygen atoms in total. The van der Waals surface area contributed by atoms with Crippen molar-refractivity contribution in [3.63, 3.8) is 0 Å². The van der Waals surface area contributed by atoms with Crippen molar-refractivity contribution in [1.29, 1.82) is 0 Å². The number of nitrogens with zero attached hydrogens (tertiary/aromatic N) is 3. The molecule has 3 aromatic rings. The Morgan fingerprint density at radius 1 is 1.23 bits per heavy atom. The van der Waals surface area contributed by atoms with Crippen LogP contribution in [0.4, 0.5) is 10.5 Å². The summed E-state index contributed by atoms with van der Waals surface area (Å²) in [7, 11) is 0. The quantitative estimate of drug-likeness (QED) is 0.760. The van der Waals surface area contributed by atoms with E-state index in [4.69, 9.17) is 0 Å². The molecule has 7 heteroatoms. The zero-order chi connectivity index (χ0) is 15.2. The van der Waals surface area contributed by atoms with Gasteiger partial charge in [-0.25, -0.2) is 9.48 Å². The van der Waals surface area contributed by atoms with E-state index >= 15 is 0 Å². The van der Waals surface area contributed by atoms with Gasteiger partial charge in [-0.1, -0.05) is 11.3 Å². The number of amides is 2. The maximum atomic E-state index is 11.8. The number of carbonyl (C=O) groups excluding carboxylic acids is 1. The molecule has 112 valence electrons. The summed E-state index contributed by atoms with van der Waals surface area (Å²) in [5.74, 6) is 0. The van der Waals surface area contributed by atoms with Gasteiger partial charge in [-0.2, -0.15) is 0 Å². The van der Waals surface area contributed by atoms with Gasteiger partial charge in [0.05, 0.1) is 18.1 Å². The highest BCUT2D eigenvalue weighted by Crippen LogP contribution is 2.12. The lowest BCUT2D eigenvalue weighted by molar-refractivity contribution is 0.252. The van der Waals surface area contributed by atoms with Gasteiger partial charge in [0.1, 0.15) is 0 Å². The first kappa shape index (κ1) is 14.3. The molecule has 0 spiro atoms. The van der Waals surface area contributed by atoms with Gasteiger partial charge in [0.15, 0.2) is 0 Å². The number of benzene rings is 1. The second-order valence-corrected chi connectivity index (χ2v) is 5.64. The van der Waals surface area contributed by atoms with E-state index in [0.717, 1.165) is 17.8 Å². The van der Waals surface area contributed by atoms with E-state index in [-0.39, 0.29) is 6.03 Å². The Labute approximate surface area is 131 Å². The van der Waals surface area contributed by atoms with Crippen LogP contribution >= 0.6 is 11.3 Å². The van der Waals surface area contributed by atoms with Gasteiger partial charge in [0, 0.05) is 17.1 Å². The fourth-order valence-electron chi connectivity index (χ4n) is 1.97. The highest BCUT2D eigenvalue weighted by molar-refractivity contribution is 7.09. The van der Waals surface area contributed by atoms with E-state index in [2.05, 4.69) is 27.0 Å². The second-order valence-electron chi connectivity index (χ2n) is 4.60. The first-order valence-electron chi connectivity index (χ1n) is 6.85. The molecule has 0 saturated heterocycles. The molecule has 0 atom stereocenters. The molecule has 2 amide bonds. The van der Waals surface area contributed by atoms with Crippen LogP contribution < -0.4 is 10.6 Å². The Morgan fingerprint density at radius 3 is 2.77 bits per heavy atom. The Bertz CT molecular complexity index is 707. The lowest BCUT2D eigenvalue weighted by atomic mass is 10.3. The summed E-state index contributed by atoms with van der Waals surface area (Å²) in [5, 5.41) is 15.3. The third kappa shape index (κ3) is 3.70. The van der Waals surface area contributed by atoms with Gasteiger partial charge in [-0.05, 0) is 42.1 Å². The third-order valence-electron chi connectivity index (χ3n) is 3.05. The summed E-state index contributed by atoms with van der Waals surface area (Å²) in [4.78, 5) is 13.1. The maximum Gasteiger partial charge on any atom is 0.319 e. The molecule has 2 heterocycles. The van der Waals surface area contributed by atoms with Crippen LogP contribution in [0.15, 0.2) is 54.2 Å². The molecule has 0 aliphatic heterocycles. The van der Waals surface area contributed by atoms with Crippen LogP contribution in [0.5, 0.6) is 0 Å². The van der Waals surface area contributed by atoms with Gasteiger partial charge in [-0.3, -0.25) is 0 Å². The van der Waals surface area contributed by atoms with Gasteiger partial charge < -0.3 is 10.6 Å². The summed E-state index contributed by atoms with van der Waals surface area (Å²) >= 11 is 1.69. The van der Waals surface area contributed by atoms with Crippen LogP contribution in [0.1, 0.15) is 4.88 Å². The molecule has 22 heavy (non-hydrogen) atoms. The van der Waals surface area contributed by atoms with Crippen molar-refractivity contribution < 1.29 is 4.79 Å². The Balaban J connectivity index is 1.49. The van der Waals surface area contributed by atoms with E-state index in [9.17, 15) is 4.79 Å². The predicted octanol–water partition coefficient (Wildman–Crippen LogP) is 2.69. The molecule has 0 aliphatic rings. The molecule has 1 aromatic carbocycles. The number of carbonyl (C=O) groups is 1. The summed E-state index contributed by atoms with van der Waals surface area (Å²) in [5.41, 5.74) is 1.62. The van der Waals surface area contributed by atoms with Crippen LogP contribution in [0.25, 0.3) is 5.69 Å². The zero-order valence-corrected chi connectivity index (χ0v) is 12.6. The summed E-state index contributed by atoms with van der Waals surface area (Å²) in [6.45, 7) is 0.614. The van der Waals surface area contributed by atoms with Crippen LogP contribution in [0, 0.1) is 0 Å². The second kappa shape index (κ2) is 6.86. The molecular formula is C15H15N5OS. The summed E-state index contributed by atoms with van der Waals surface area (Å²) < 4.78 is 1.66. The van der Waals surface area contributed by atoms with E-state index in [0.29, 0.717) is 6.54 Å². The molecule has 0 saturated carbocycles. The highest BCUT2D eigenvalue weighted by Gasteiger charge is 2.03. The number of hydrogen-bond acceptors (Lipinski definition) is 4. The molecule has 0 unspecified atom stereocenters. The summed E-state index contributed by atoms with van der Waals surface area (Å²) in [6, 6.07) is 11.3. The molecule has 2 N–H and O–H groups in total. The lowest BCUT2D eigenvalue weighted by Crippen LogP contribution is -2.30. The fourth-order valence-corrected chi connectivity index (χ4v) is 2.68. The minimum Gasteiger partial charge on any atom is -0.338 e. The fraction of sp³-hybridized carbons (Fsp3) is 0.133. The Kier molecular flexibility index (Phi) is 4.45. The monoisotopic (exact) mass is 313 g/mol. The van der Waals surface area contributed by atoms with E-state index in [1.165, 1.54) is 4.88 Å². The largest absolute Gasteiger partial charge is 0.338 e. The number of nitrogens with one attached hydrogen (secondary N) is 2. The van der Waals surface area contributed by atoms with Gasteiger partial charge >= 0.3 is 6.03 Å². The van der Waals surface area contributed by atoms with Crippen LogP contribution in [-0.4, -0.2) is 27.6 Å². The normalized spacial score (nSPS) is 10.4. The molecule has 0 fully saturated rings. The lowest BCUT2D eigenvalue weighted by Gasteiger charge is -2.08. The van der Waals surface area contributed by atoms with Crippen molar-refractivity contribution in [2.24, 2.45) is 0 Å². The standard InChI is InChI=1S/C15H15N5OS/c21-15(16-8-7-14-2-1-11-22-14)18-12-3-5-13(6-4-12)20-10-9-17-19-20/h1-6,9-11H,7-8H2,(H2,16,18,21). The van der Waals surface area contributed by atoms with E-state index < -0.39 is 0 Å². The number of urea groups is 1. The van der Waals surface area contributed by atoms with Crippen molar-refractivity contribution in [2.45, 2.75) is 6.42 Å². The molecule has 0 bridgehead atoms. The summed E-state index contributed by atoms with van der Waals surface area (Å²) in [6.07, 6.45) is 4.23. The Morgan fingerprint density at radius 2 is 2.09 bits per heavy atom. The van der Waals surface area contributed by atoms with Crippen molar-refractivity contribution in [2.75, 3.05) is 11.9 Å². The third-order valence-corrected chi connectivity index (χ3v) is 3.99. The number of hydrogen-bond donors (Lipinski definition) is 2. The first-order chi connectivity index (χ1) is 10.8. The van der Waals surface area contributed by atoms with Gasteiger partial charge in [-0.15, -0.1) is 16.4 Å². The number of aromatic nitrogens is 3. The zero-order valence-electron chi connectivity index (χ0n) is 11.8. The SMILES string of the molecule is O=C(NCCc1cccs1)Nc1ccc(-n2ccnn2)cc1. The van der Waals surface area contributed by atoms with E-state index in [1.54, 1.807) is 28.4 Å². The van der Waals surface area contributed by atoms with Crippen LogP contribution in [-0.2, 0) is 6.42 Å². The molecule has 0 radical (unpaired) electrons. The smallest absolute Gasteiger partial charge is 0.319 e. The molecular weight excluding hydrogens is 298 g/mol. The van der Waals surface area contributed by atoms with Crippen LogP contribution in [0.3, 0.4) is 0 Å².